The maximum atomic E-state index is 11.7. The highest BCUT2D eigenvalue weighted by molar-refractivity contribution is 5.93. The molecular formula is C13H15N5O. The SMILES string of the molecule is CN(C)C(=O)c1ccc(NCc2cccnn2)nc1. The Hall–Kier alpha value is -2.50. The molecule has 2 aromatic heterocycles. The fraction of sp³-hybridized carbons (Fsp3) is 0.231. The molecule has 1 N–H and O–H groups in total. The van der Waals surface area contributed by atoms with Crippen molar-refractivity contribution in [3.05, 3.63) is 47.9 Å². The van der Waals surface area contributed by atoms with Gasteiger partial charge in [0.05, 0.1) is 17.8 Å². The Bertz CT molecular complexity index is 539. The molecular weight excluding hydrogens is 242 g/mol. The van der Waals surface area contributed by atoms with E-state index in [4.69, 9.17) is 0 Å². The first kappa shape index (κ1) is 12.9. The number of pyridine rings is 1. The van der Waals surface area contributed by atoms with Gasteiger partial charge in [0.2, 0.25) is 0 Å². The van der Waals surface area contributed by atoms with E-state index in [1.54, 1.807) is 38.6 Å². The van der Waals surface area contributed by atoms with Gasteiger partial charge < -0.3 is 10.2 Å². The van der Waals surface area contributed by atoms with E-state index in [-0.39, 0.29) is 5.91 Å². The smallest absolute Gasteiger partial charge is 0.254 e. The van der Waals surface area contributed by atoms with Crippen molar-refractivity contribution in [1.82, 2.24) is 20.1 Å². The number of rotatable bonds is 4. The summed E-state index contributed by atoms with van der Waals surface area (Å²) in [6, 6.07) is 7.22. The predicted molar refractivity (Wildman–Crippen MR) is 71.6 cm³/mol. The number of carbonyl (C=O) groups is 1. The van der Waals surface area contributed by atoms with Crippen molar-refractivity contribution < 1.29 is 4.79 Å². The van der Waals surface area contributed by atoms with E-state index in [1.165, 1.54) is 4.90 Å². The molecule has 0 aromatic carbocycles. The molecule has 0 aliphatic carbocycles. The Morgan fingerprint density at radius 2 is 2.16 bits per heavy atom. The Kier molecular flexibility index (Phi) is 4.02. The summed E-state index contributed by atoms with van der Waals surface area (Å²) in [4.78, 5) is 17.4. The minimum absolute atomic E-state index is 0.0621. The van der Waals surface area contributed by atoms with Crippen molar-refractivity contribution in [3.8, 4) is 0 Å². The molecule has 0 fully saturated rings. The number of hydrogen-bond donors (Lipinski definition) is 1. The van der Waals surface area contributed by atoms with Gasteiger partial charge in [-0.05, 0) is 24.3 Å². The number of nitrogens with zero attached hydrogens (tertiary/aromatic N) is 4. The van der Waals surface area contributed by atoms with Crippen LogP contribution >= 0.6 is 0 Å². The quantitative estimate of drug-likeness (QED) is 0.890. The lowest BCUT2D eigenvalue weighted by molar-refractivity contribution is 0.0827. The molecule has 0 aliphatic rings. The Labute approximate surface area is 111 Å². The summed E-state index contributed by atoms with van der Waals surface area (Å²) in [5.41, 5.74) is 1.40. The summed E-state index contributed by atoms with van der Waals surface area (Å²) in [5.74, 6) is 0.633. The summed E-state index contributed by atoms with van der Waals surface area (Å²) in [6.45, 7) is 0.543. The molecule has 6 nitrogen and oxygen atoms in total. The number of amides is 1. The Balaban J connectivity index is 1.98. The van der Waals surface area contributed by atoms with Crippen LogP contribution in [0.4, 0.5) is 5.82 Å². The third-order valence-corrected chi connectivity index (χ3v) is 2.49. The minimum atomic E-state index is -0.0621. The van der Waals surface area contributed by atoms with Crippen LogP contribution in [0, 0.1) is 0 Å². The molecule has 2 rings (SSSR count). The van der Waals surface area contributed by atoms with Gasteiger partial charge in [0.25, 0.3) is 5.91 Å². The molecule has 19 heavy (non-hydrogen) atoms. The van der Waals surface area contributed by atoms with Gasteiger partial charge in [0.1, 0.15) is 5.82 Å². The molecule has 2 aromatic rings. The van der Waals surface area contributed by atoms with Gasteiger partial charge in [-0.15, -0.1) is 0 Å². The number of anilines is 1. The number of carbonyl (C=O) groups excluding carboxylic acids is 1. The molecule has 2 heterocycles. The second-order valence-corrected chi connectivity index (χ2v) is 4.20. The van der Waals surface area contributed by atoms with E-state index in [1.807, 2.05) is 12.1 Å². The van der Waals surface area contributed by atoms with Gasteiger partial charge in [-0.2, -0.15) is 10.2 Å². The number of aromatic nitrogens is 3. The van der Waals surface area contributed by atoms with Crippen molar-refractivity contribution in [1.29, 1.82) is 0 Å². The number of hydrogen-bond acceptors (Lipinski definition) is 5. The maximum Gasteiger partial charge on any atom is 0.254 e. The summed E-state index contributed by atoms with van der Waals surface area (Å²) in [7, 11) is 3.42. The van der Waals surface area contributed by atoms with Crippen LogP contribution in [0.15, 0.2) is 36.7 Å². The first-order chi connectivity index (χ1) is 9.16. The van der Waals surface area contributed by atoms with Crippen LogP contribution in [-0.2, 0) is 6.54 Å². The van der Waals surface area contributed by atoms with Crippen LogP contribution in [0.25, 0.3) is 0 Å². The van der Waals surface area contributed by atoms with Crippen LogP contribution in [0.1, 0.15) is 16.1 Å². The van der Waals surface area contributed by atoms with Crippen molar-refractivity contribution in [3.63, 3.8) is 0 Å². The Morgan fingerprint density at radius 3 is 2.74 bits per heavy atom. The average molecular weight is 257 g/mol. The molecule has 0 saturated carbocycles. The Morgan fingerprint density at radius 1 is 1.32 bits per heavy atom. The van der Waals surface area contributed by atoms with E-state index in [2.05, 4.69) is 20.5 Å². The first-order valence-electron chi connectivity index (χ1n) is 5.85. The van der Waals surface area contributed by atoms with Crippen LogP contribution in [-0.4, -0.2) is 40.1 Å². The lowest BCUT2D eigenvalue weighted by atomic mass is 10.2. The molecule has 6 heteroatoms. The van der Waals surface area contributed by atoms with Gasteiger partial charge in [0.15, 0.2) is 0 Å². The fourth-order valence-corrected chi connectivity index (χ4v) is 1.49. The molecule has 0 saturated heterocycles. The topological polar surface area (TPSA) is 71.0 Å². The lowest BCUT2D eigenvalue weighted by Gasteiger charge is -2.10. The van der Waals surface area contributed by atoms with E-state index < -0.39 is 0 Å². The first-order valence-corrected chi connectivity index (χ1v) is 5.85. The number of nitrogens with one attached hydrogen (secondary N) is 1. The van der Waals surface area contributed by atoms with Crippen LogP contribution in [0.2, 0.25) is 0 Å². The molecule has 98 valence electrons. The summed E-state index contributed by atoms with van der Waals surface area (Å²) in [5, 5.41) is 10.9. The normalized spacial score (nSPS) is 10.0. The molecule has 0 radical (unpaired) electrons. The van der Waals surface area contributed by atoms with Gasteiger partial charge in [-0.1, -0.05) is 0 Å². The molecule has 0 aliphatic heterocycles. The highest BCUT2D eigenvalue weighted by Crippen LogP contribution is 2.07. The van der Waals surface area contributed by atoms with Gasteiger partial charge in [-0.25, -0.2) is 4.98 Å². The third kappa shape index (κ3) is 3.48. The second-order valence-electron chi connectivity index (χ2n) is 4.20. The van der Waals surface area contributed by atoms with Crippen molar-refractivity contribution in [2.75, 3.05) is 19.4 Å². The summed E-state index contributed by atoms with van der Waals surface area (Å²) < 4.78 is 0. The van der Waals surface area contributed by atoms with E-state index in [0.29, 0.717) is 17.9 Å². The molecule has 0 spiro atoms. The molecule has 0 atom stereocenters. The standard InChI is InChI=1S/C13H15N5O/c1-18(2)13(19)10-5-6-12(14-8-10)15-9-11-4-3-7-16-17-11/h3-8H,9H2,1-2H3,(H,14,15). The minimum Gasteiger partial charge on any atom is -0.364 e. The molecule has 1 amide bonds. The zero-order valence-corrected chi connectivity index (χ0v) is 10.9. The van der Waals surface area contributed by atoms with Crippen molar-refractivity contribution in [2.24, 2.45) is 0 Å². The van der Waals surface area contributed by atoms with Crippen LogP contribution in [0.5, 0.6) is 0 Å². The maximum absolute atomic E-state index is 11.7. The van der Waals surface area contributed by atoms with Crippen LogP contribution in [0.3, 0.4) is 0 Å². The highest BCUT2D eigenvalue weighted by Gasteiger charge is 2.07. The lowest BCUT2D eigenvalue weighted by Crippen LogP contribution is -2.21. The third-order valence-electron chi connectivity index (χ3n) is 2.49. The van der Waals surface area contributed by atoms with Crippen molar-refractivity contribution in [2.45, 2.75) is 6.54 Å². The zero-order chi connectivity index (χ0) is 13.7. The fourth-order valence-electron chi connectivity index (χ4n) is 1.49. The monoisotopic (exact) mass is 257 g/mol. The highest BCUT2D eigenvalue weighted by atomic mass is 16.2. The van der Waals surface area contributed by atoms with Gasteiger partial charge in [-0.3, -0.25) is 4.79 Å². The van der Waals surface area contributed by atoms with Crippen molar-refractivity contribution >= 4 is 11.7 Å². The summed E-state index contributed by atoms with van der Waals surface area (Å²) >= 11 is 0. The average Bonchev–Trinajstić information content (AvgIpc) is 2.46. The predicted octanol–water partition coefficient (Wildman–Crippen LogP) is 1.19. The van der Waals surface area contributed by atoms with E-state index >= 15 is 0 Å². The summed E-state index contributed by atoms with van der Waals surface area (Å²) in [6.07, 6.45) is 3.19. The second kappa shape index (κ2) is 5.90. The largest absolute Gasteiger partial charge is 0.364 e. The molecule has 0 bridgehead atoms. The van der Waals surface area contributed by atoms with Crippen LogP contribution < -0.4 is 5.32 Å². The van der Waals surface area contributed by atoms with Gasteiger partial charge in [0, 0.05) is 26.5 Å². The van der Waals surface area contributed by atoms with Gasteiger partial charge >= 0.3 is 0 Å². The van der Waals surface area contributed by atoms with E-state index in [0.717, 1.165) is 5.69 Å². The van der Waals surface area contributed by atoms with E-state index in [9.17, 15) is 4.79 Å². The zero-order valence-electron chi connectivity index (χ0n) is 10.9. The molecule has 0 unspecified atom stereocenters.